The van der Waals surface area contributed by atoms with Crippen LogP contribution >= 0.6 is 11.3 Å². The number of aromatic nitrogens is 3. The first-order chi connectivity index (χ1) is 17.2. The molecule has 2 aliphatic rings. The smallest absolute Gasteiger partial charge is 0.278 e. The fraction of sp³-hybridized carbons (Fsp3) is 0.630. The number of H-pyrrole nitrogens is 1. The maximum Gasteiger partial charge on any atom is 0.278 e. The zero-order valence-corrected chi connectivity index (χ0v) is 22.9. The second-order valence-electron chi connectivity index (χ2n) is 9.16. The Morgan fingerprint density at radius 1 is 1.33 bits per heavy atom. The minimum atomic E-state index is -2.81. The van der Waals surface area contributed by atoms with E-state index in [1.807, 2.05) is 6.92 Å². The summed E-state index contributed by atoms with van der Waals surface area (Å²) in [6.07, 6.45) is 19.5. The predicted molar refractivity (Wildman–Crippen MR) is 145 cm³/mol. The normalized spacial score (nSPS) is 15.6. The first-order valence-electron chi connectivity index (χ1n) is 12.6. The summed E-state index contributed by atoms with van der Waals surface area (Å²) < 4.78 is 30.9. The maximum absolute atomic E-state index is 12.9. The number of alkyl halides is 2. The predicted octanol–water partition coefficient (Wildman–Crippen LogP) is 6.12. The van der Waals surface area contributed by atoms with Crippen molar-refractivity contribution in [2.45, 2.75) is 84.6 Å². The number of thiazole rings is 1. The number of nitrogens with zero attached hydrogens (tertiary/aromatic N) is 3. The van der Waals surface area contributed by atoms with Crippen LogP contribution < -0.4 is 10.5 Å². The second kappa shape index (κ2) is 17.1. The molecule has 0 unspecified atom stereocenters. The number of hydrogen-bond acceptors (Lipinski definition) is 6. The largest absolute Gasteiger partial charge is 0.464 e. The number of hydrogen-bond donors (Lipinski definition) is 2. The van der Waals surface area contributed by atoms with Crippen LogP contribution in [0.5, 0.6) is 5.19 Å². The Balaban J connectivity index is 0.000000414. The molecule has 9 heteroatoms. The minimum absolute atomic E-state index is 0.394. The van der Waals surface area contributed by atoms with Crippen molar-refractivity contribution in [3.63, 3.8) is 0 Å². The van der Waals surface area contributed by atoms with Crippen molar-refractivity contribution in [1.82, 2.24) is 20.1 Å². The number of rotatable bonds is 7. The lowest BCUT2D eigenvalue weighted by Gasteiger charge is -2.29. The first-order valence-corrected chi connectivity index (χ1v) is 13.4. The molecule has 202 valence electrons. The third kappa shape index (κ3) is 12.5. The second-order valence-corrected chi connectivity index (χ2v) is 10.2. The molecule has 0 spiro atoms. The fourth-order valence-corrected chi connectivity index (χ4v) is 5.07. The standard InChI is InChI=1S/C17H26F2N2OS.C6H10N2.C2H5N.C2H2/c1-17(18,19)12-22-16-20-14-11-21(10-8-15(14)23-16)9-7-13-5-3-2-4-6-13;1-3-6-4-5(2)7-8-6;1-2-3;1-2/h13H,2-12H2,1H3;4H,3H2,1-2H3,(H,7,8);2H,1,3H2;1-2H. The summed E-state index contributed by atoms with van der Waals surface area (Å²) in [6, 6.07) is 2.06. The van der Waals surface area contributed by atoms with Crippen LogP contribution in [-0.4, -0.2) is 45.7 Å². The molecule has 1 aliphatic heterocycles. The van der Waals surface area contributed by atoms with Crippen LogP contribution in [-0.2, 0) is 19.4 Å². The number of nitrogens with two attached hydrogens (primary N) is 1. The van der Waals surface area contributed by atoms with Crippen LogP contribution in [0.15, 0.2) is 18.8 Å². The molecule has 2 aromatic rings. The van der Waals surface area contributed by atoms with Crippen molar-refractivity contribution in [3.05, 3.63) is 40.8 Å². The fourth-order valence-electron chi connectivity index (χ4n) is 4.17. The SMILES string of the molecule is C#C.C=CN.CC(F)(F)COc1nc2c(s1)CCN(CCC1CCCCC1)C2.CCc1cc(C)[nH]n1. The number of aryl methyl sites for hydroxylation is 2. The van der Waals surface area contributed by atoms with Crippen molar-refractivity contribution in [2.24, 2.45) is 11.7 Å². The number of aromatic amines is 1. The van der Waals surface area contributed by atoms with E-state index in [1.54, 1.807) is 0 Å². The molecule has 1 aliphatic carbocycles. The molecule has 0 radical (unpaired) electrons. The highest BCUT2D eigenvalue weighted by Crippen LogP contribution is 2.32. The molecule has 36 heavy (non-hydrogen) atoms. The summed E-state index contributed by atoms with van der Waals surface area (Å²) in [5.74, 6) is -1.91. The maximum atomic E-state index is 12.9. The van der Waals surface area contributed by atoms with Gasteiger partial charge in [0.25, 0.3) is 11.1 Å². The molecule has 0 aromatic carbocycles. The Morgan fingerprint density at radius 3 is 2.53 bits per heavy atom. The van der Waals surface area contributed by atoms with E-state index in [0.717, 1.165) is 62.4 Å². The van der Waals surface area contributed by atoms with Gasteiger partial charge in [0.05, 0.1) is 11.4 Å². The lowest BCUT2D eigenvalue weighted by atomic mass is 9.87. The molecular formula is C27H43F2N5OS. The van der Waals surface area contributed by atoms with Crippen LogP contribution in [0.2, 0.25) is 0 Å². The van der Waals surface area contributed by atoms with Gasteiger partial charge in [-0.05, 0) is 50.9 Å². The number of fused-ring (bicyclic) bond motifs is 1. The molecular weight excluding hydrogens is 480 g/mol. The number of nitrogens with one attached hydrogen (secondary N) is 1. The van der Waals surface area contributed by atoms with Crippen LogP contribution in [0.3, 0.4) is 0 Å². The van der Waals surface area contributed by atoms with Gasteiger partial charge in [0.2, 0.25) is 0 Å². The van der Waals surface area contributed by atoms with Crippen LogP contribution in [0, 0.1) is 25.7 Å². The third-order valence-corrected chi connectivity index (χ3v) is 7.01. The van der Waals surface area contributed by atoms with Gasteiger partial charge in [-0.2, -0.15) is 5.10 Å². The summed E-state index contributed by atoms with van der Waals surface area (Å²) in [6.45, 7) is 10.5. The molecule has 3 N–H and O–H groups in total. The van der Waals surface area contributed by atoms with Gasteiger partial charge in [-0.1, -0.05) is 56.9 Å². The monoisotopic (exact) mass is 523 g/mol. The topological polar surface area (TPSA) is 80.1 Å². The van der Waals surface area contributed by atoms with Gasteiger partial charge in [0.15, 0.2) is 6.61 Å². The van der Waals surface area contributed by atoms with E-state index in [0.29, 0.717) is 5.19 Å². The Hall–Kier alpha value is -2.44. The minimum Gasteiger partial charge on any atom is -0.464 e. The number of ether oxygens (including phenoxy) is 1. The molecule has 1 fully saturated rings. The highest BCUT2D eigenvalue weighted by Gasteiger charge is 2.25. The summed E-state index contributed by atoms with van der Waals surface area (Å²) in [7, 11) is 0. The van der Waals surface area contributed by atoms with Crippen molar-refractivity contribution in [2.75, 3.05) is 19.7 Å². The van der Waals surface area contributed by atoms with Crippen molar-refractivity contribution in [1.29, 1.82) is 0 Å². The van der Waals surface area contributed by atoms with Crippen LogP contribution in [0.1, 0.15) is 74.3 Å². The summed E-state index contributed by atoms with van der Waals surface area (Å²) in [5, 5.41) is 7.27. The Kier molecular flexibility index (Phi) is 15.0. The first kappa shape index (κ1) is 31.6. The van der Waals surface area contributed by atoms with Crippen LogP contribution in [0.4, 0.5) is 8.78 Å². The average Bonchev–Trinajstić information content (AvgIpc) is 3.49. The van der Waals surface area contributed by atoms with Gasteiger partial charge in [-0.25, -0.2) is 13.8 Å². The molecule has 0 saturated heterocycles. The molecule has 6 nitrogen and oxygen atoms in total. The number of halogens is 2. The van der Waals surface area contributed by atoms with Crippen LogP contribution in [0.25, 0.3) is 0 Å². The van der Waals surface area contributed by atoms with Crippen molar-refractivity contribution < 1.29 is 13.5 Å². The quantitative estimate of drug-likeness (QED) is 0.427. The summed E-state index contributed by atoms with van der Waals surface area (Å²) >= 11 is 1.43. The molecule has 0 bridgehead atoms. The van der Waals surface area contributed by atoms with E-state index >= 15 is 0 Å². The van der Waals surface area contributed by atoms with Gasteiger partial charge in [-0.15, -0.1) is 12.8 Å². The molecule has 0 atom stereocenters. The Bertz CT molecular complexity index is 884. The molecule has 1 saturated carbocycles. The Labute approximate surface area is 219 Å². The van der Waals surface area contributed by atoms with Gasteiger partial charge in [0, 0.05) is 30.6 Å². The van der Waals surface area contributed by atoms with Gasteiger partial charge < -0.3 is 10.5 Å². The Morgan fingerprint density at radius 2 is 2.00 bits per heavy atom. The summed E-state index contributed by atoms with van der Waals surface area (Å²) in [5.41, 5.74) is 7.92. The van der Waals surface area contributed by atoms with E-state index in [-0.39, 0.29) is 0 Å². The summed E-state index contributed by atoms with van der Waals surface area (Å²) in [4.78, 5) is 8.08. The van der Waals surface area contributed by atoms with Gasteiger partial charge in [-0.3, -0.25) is 10.00 Å². The molecule has 3 heterocycles. The van der Waals surface area contributed by atoms with Gasteiger partial charge in [0.1, 0.15) is 0 Å². The van der Waals surface area contributed by atoms with E-state index < -0.39 is 12.5 Å². The lowest BCUT2D eigenvalue weighted by molar-refractivity contribution is -0.0230. The van der Waals surface area contributed by atoms with E-state index in [1.165, 1.54) is 60.9 Å². The number of terminal acetylenes is 1. The third-order valence-electron chi connectivity index (χ3n) is 5.94. The molecule has 0 amide bonds. The van der Waals surface area contributed by atoms with E-state index in [2.05, 4.69) is 58.2 Å². The van der Waals surface area contributed by atoms with Gasteiger partial charge >= 0.3 is 0 Å². The van der Waals surface area contributed by atoms with E-state index in [9.17, 15) is 8.78 Å². The highest BCUT2D eigenvalue weighted by molar-refractivity contribution is 7.13. The molecule has 2 aromatic heterocycles. The average molecular weight is 524 g/mol. The van der Waals surface area contributed by atoms with Crippen molar-refractivity contribution >= 4 is 11.3 Å². The zero-order valence-electron chi connectivity index (χ0n) is 22.1. The van der Waals surface area contributed by atoms with E-state index in [4.69, 9.17) is 4.74 Å². The highest BCUT2D eigenvalue weighted by atomic mass is 32.1. The zero-order chi connectivity index (χ0) is 27.0. The lowest BCUT2D eigenvalue weighted by Crippen LogP contribution is -2.32. The van der Waals surface area contributed by atoms with Crippen molar-refractivity contribution in [3.8, 4) is 18.0 Å². The molecule has 4 rings (SSSR count).